The number of hydrogen-bond acceptors (Lipinski definition) is 5. The van der Waals surface area contributed by atoms with E-state index >= 15 is 0 Å². The molecular formula is C15H21N3OS. The van der Waals surface area contributed by atoms with Crippen molar-refractivity contribution >= 4 is 11.3 Å². The maximum Gasteiger partial charge on any atom is 0.119 e. The highest BCUT2D eigenvalue weighted by atomic mass is 32.1. The van der Waals surface area contributed by atoms with Gasteiger partial charge in [0.25, 0.3) is 0 Å². The van der Waals surface area contributed by atoms with Gasteiger partial charge in [-0.15, -0.1) is 11.3 Å². The normalized spacial score (nSPS) is 11.1. The van der Waals surface area contributed by atoms with Crippen molar-refractivity contribution in [3.05, 3.63) is 34.2 Å². The Hall–Kier alpha value is -1.43. The lowest BCUT2D eigenvalue weighted by Crippen LogP contribution is -2.19. The average molecular weight is 291 g/mol. The molecular weight excluding hydrogens is 270 g/mol. The van der Waals surface area contributed by atoms with E-state index < -0.39 is 0 Å². The van der Waals surface area contributed by atoms with Crippen molar-refractivity contribution in [1.29, 1.82) is 0 Å². The molecule has 108 valence electrons. The molecule has 0 radical (unpaired) electrons. The van der Waals surface area contributed by atoms with E-state index in [1.54, 1.807) is 11.3 Å². The largest absolute Gasteiger partial charge is 0.492 e. The summed E-state index contributed by atoms with van der Waals surface area (Å²) in [5, 5.41) is 0.976. The lowest BCUT2D eigenvalue weighted by Gasteiger charge is -2.11. The molecule has 1 heterocycles. The topological polar surface area (TPSA) is 51.4 Å². The van der Waals surface area contributed by atoms with Gasteiger partial charge in [0.1, 0.15) is 17.4 Å². The number of thiazole rings is 1. The molecule has 2 N–H and O–H groups in total. The Morgan fingerprint density at radius 1 is 1.25 bits per heavy atom. The van der Waals surface area contributed by atoms with E-state index in [9.17, 15) is 0 Å². The van der Waals surface area contributed by atoms with Crippen LogP contribution in [-0.2, 0) is 6.54 Å². The van der Waals surface area contributed by atoms with Gasteiger partial charge in [0.2, 0.25) is 0 Å². The molecule has 0 aliphatic heterocycles. The second kappa shape index (κ2) is 6.83. The minimum absolute atomic E-state index is 0.497. The van der Waals surface area contributed by atoms with Crippen molar-refractivity contribution in [2.24, 2.45) is 5.73 Å². The van der Waals surface area contributed by atoms with E-state index in [4.69, 9.17) is 10.5 Å². The number of ether oxygens (including phenoxy) is 1. The second-order valence-corrected chi connectivity index (χ2v) is 6.18. The zero-order chi connectivity index (χ0) is 14.5. The first-order valence-corrected chi connectivity index (χ1v) is 7.46. The molecule has 2 aromatic rings. The Morgan fingerprint density at radius 2 is 1.95 bits per heavy atom. The van der Waals surface area contributed by atoms with Crippen molar-refractivity contribution in [2.75, 3.05) is 27.2 Å². The zero-order valence-corrected chi connectivity index (χ0v) is 13.0. The quantitative estimate of drug-likeness (QED) is 0.888. The summed E-state index contributed by atoms with van der Waals surface area (Å²) in [5.41, 5.74) is 7.77. The van der Waals surface area contributed by atoms with Gasteiger partial charge in [-0.25, -0.2) is 4.98 Å². The SMILES string of the molecule is Cc1sc(CN)nc1-c1ccc(OCCN(C)C)cc1. The molecule has 0 saturated heterocycles. The Balaban J connectivity index is 2.05. The van der Waals surface area contributed by atoms with Crippen LogP contribution < -0.4 is 10.5 Å². The second-order valence-electron chi connectivity index (χ2n) is 4.89. The first-order valence-electron chi connectivity index (χ1n) is 6.64. The Labute approximate surface area is 124 Å². The molecule has 0 atom stereocenters. The van der Waals surface area contributed by atoms with Crippen molar-refractivity contribution in [1.82, 2.24) is 9.88 Å². The summed E-state index contributed by atoms with van der Waals surface area (Å²) in [7, 11) is 4.07. The van der Waals surface area contributed by atoms with Gasteiger partial charge in [-0.05, 0) is 45.3 Å². The summed E-state index contributed by atoms with van der Waals surface area (Å²) < 4.78 is 5.68. The van der Waals surface area contributed by atoms with Gasteiger partial charge in [-0.1, -0.05) is 0 Å². The molecule has 2 rings (SSSR count). The predicted molar refractivity (Wildman–Crippen MR) is 84.2 cm³/mol. The van der Waals surface area contributed by atoms with Crippen molar-refractivity contribution < 1.29 is 4.74 Å². The molecule has 0 saturated carbocycles. The molecule has 0 amide bonds. The lowest BCUT2D eigenvalue weighted by molar-refractivity contribution is 0.261. The van der Waals surface area contributed by atoms with E-state index in [2.05, 4.69) is 16.8 Å². The number of benzene rings is 1. The monoisotopic (exact) mass is 291 g/mol. The van der Waals surface area contributed by atoms with Crippen LogP contribution in [0.3, 0.4) is 0 Å². The molecule has 1 aromatic carbocycles. The highest BCUT2D eigenvalue weighted by Crippen LogP contribution is 2.28. The van der Waals surface area contributed by atoms with Gasteiger partial charge in [-0.3, -0.25) is 0 Å². The number of hydrogen-bond donors (Lipinski definition) is 1. The molecule has 5 heteroatoms. The molecule has 0 spiro atoms. The maximum absolute atomic E-state index is 5.68. The minimum Gasteiger partial charge on any atom is -0.492 e. The molecule has 0 bridgehead atoms. The Morgan fingerprint density at radius 3 is 2.50 bits per heavy atom. The first-order chi connectivity index (χ1) is 9.60. The summed E-state index contributed by atoms with van der Waals surface area (Å²) in [6.07, 6.45) is 0. The number of rotatable bonds is 6. The number of aryl methyl sites for hydroxylation is 1. The third-order valence-electron chi connectivity index (χ3n) is 2.95. The molecule has 0 aliphatic carbocycles. The molecule has 0 unspecified atom stereocenters. The molecule has 20 heavy (non-hydrogen) atoms. The molecule has 0 aliphatic rings. The smallest absolute Gasteiger partial charge is 0.119 e. The number of nitrogens with two attached hydrogens (primary N) is 1. The van der Waals surface area contributed by atoms with Gasteiger partial charge >= 0.3 is 0 Å². The summed E-state index contributed by atoms with van der Waals surface area (Å²) in [5.74, 6) is 0.891. The fourth-order valence-electron chi connectivity index (χ4n) is 1.86. The van der Waals surface area contributed by atoms with Crippen molar-refractivity contribution in [3.63, 3.8) is 0 Å². The number of likely N-dealkylation sites (N-methyl/N-ethyl adjacent to an activating group) is 1. The zero-order valence-electron chi connectivity index (χ0n) is 12.2. The standard InChI is InChI=1S/C15H21N3OS/c1-11-15(17-14(10-16)20-11)12-4-6-13(7-5-12)19-9-8-18(2)3/h4-7H,8-10,16H2,1-3H3. The predicted octanol–water partition coefficient (Wildman–Crippen LogP) is 2.52. The van der Waals surface area contributed by atoms with Crippen molar-refractivity contribution in [2.45, 2.75) is 13.5 Å². The Kier molecular flexibility index (Phi) is 5.11. The van der Waals surface area contributed by atoms with Gasteiger partial charge in [0, 0.05) is 23.5 Å². The van der Waals surface area contributed by atoms with E-state index in [1.165, 1.54) is 4.88 Å². The fraction of sp³-hybridized carbons (Fsp3) is 0.400. The fourth-order valence-corrected chi connectivity index (χ4v) is 2.70. The summed E-state index contributed by atoms with van der Waals surface area (Å²) in [4.78, 5) is 7.86. The van der Waals surface area contributed by atoms with Crippen LogP contribution in [0.4, 0.5) is 0 Å². The van der Waals surface area contributed by atoms with Crippen LogP contribution in [-0.4, -0.2) is 37.1 Å². The maximum atomic E-state index is 5.68. The molecule has 1 aromatic heterocycles. The number of aromatic nitrogens is 1. The van der Waals surface area contributed by atoms with Gasteiger partial charge in [-0.2, -0.15) is 0 Å². The molecule has 4 nitrogen and oxygen atoms in total. The van der Waals surface area contributed by atoms with Crippen molar-refractivity contribution in [3.8, 4) is 17.0 Å². The minimum atomic E-state index is 0.497. The molecule has 0 fully saturated rings. The van der Waals surface area contributed by atoms with Gasteiger partial charge in [0.05, 0.1) is 5.69 Å². The van der Waals surface area contributed by atoms with Crippen LogP contribution in [0, 0.1) is 6.92 Å². The lowest BCUT2D eigenvalue weighted by atomic mass is 10.1. The van der Waals surface area contributed by atoms with Crippen LogP contribution in [0.25, 0.3) is 11.3 Å². The Bertz CT molecular complexity index is 549. The first kappa shape index (κ1) is 15.0. The highest BCUT2D eigenvalue weighted by Gasteiger charge is 2.08. The third kappa shape index (κ3) is 3.79. The van der Waals surface area contributed by atoms with Gasteiger partial charge < -0.3 is 15.4 Å². The van der Waals surface area contributed by atoms with E-state index in [1.807, 2.05) is 38.4 Å². The summed E-state index contributed by atoms with van der Waals surface area (Å²) >= 11 is 1.66. The van der Waals surface area contributed by atoms with Crippen LogP contribution in [0.2, 0.25) is 0 Å². The van der Waals surface area contributed by atoms with Crippen LogP contribution >= 0.6 is 11.3 Å². The summed E-state index contributed by atoms with van der Waals surface area (Å²) in [6.45, 7) is 4.18. The number of nitrogens with zero attached hydrogens (tertiary/aromatic N) is 2. The summed E-state index contributed by atoms with van der Waals surface area (Å²) in [6, 6.07) is 8.08. The van der Waals surface area contributed by atoms with Crippen LogP contribution in [0.1, 0.15) is 9.88 Å². The average Bonchev–Trinajstić information content (AvgIpc) is 2.80. The van der Waals surface area contributed by atoms with E-state index in [-0.39, 0.29) is 0 Å². The van der Waals surface area contributed by atoms with Gasteiger partial charge in [0.15, 0.2) is 0 Å². The van der Waals surface area contributed by atoms with E-state index in [0.717, 1.165) is 28.6 Å². The van der Waals surface area contributed by atoms with E-state index in [0.29, 0.717) is 13.2 Å². The van der Waals surface area contributed by atoms with Crippen LogP contribution in [0.5, 0.6) is 5.75 Å². The van der Waals surface area contributed by atoms with Crippen LogP contribution in [0.15, 0.2) is 24.3 Å². The highest BCUT2D eigenvalue weighted by molar-refractivity contribution is 7.12. The third-order valence-corrected chi connectivity index (χ3v) is 3.94.